The van der Waals surface area contributed by atoms with Gasteiger partial charge < -0.3 is 15.0 Å². The summed E-state index contributed by atoms with van der Waals surface area (Å²) in [5.74, 6) is -0.568. The highest BCUT2D eigenvalue weighted by atomic mass is 16.6. The van der Waals surface area contributed by atoms with Crippen molar-refractivity contribution < 1.29 is 19.1 Å². The van der Waals surface area contributed by atoms with Gasteiger partial charge in [0.25, 0.3) is 11.8 Å². The molecular weight excluding hydrogens is 406 g/mol. The van der Waals surface area contributed by atoms with Gasteiger partial charge in [0.05, 0.1) is 16.8 Å². The standard InChI is InChI=1S/C25H29N3O4/c1-25(2,3)32-24(31)27-14-12-18(13-15-27)26-16-17-8-10-19(11-9-17)28-22(29)20-6-4-5-7-21(20)23(28)30/h4-11,18,26H,12-16H2,1-3H3. The maximum Gasteiger partial charge on any atom is 0.410 e. The van der Waals surface area contributed by atoms with Crippen LogP contribution in [0.5, 0.6) is 0 Å². The number of benzene rings is 2. The van der Waals surface area contributed by atoms with Gasteiger partial charge in [-0.05, 0) is 63.4 Å². The Morgan fingerprint density at radius 1 is 0.969 bits per heavy atom. The monoisotopic (exact) mass is 435 g/mol. The molecule has 7 nitrogen and oxygen atoms in total. The van der Waals surface area contributed by atoms with Crippen LogP contribution in [0.2, 0.25) is 0 Å². The van der Waals surface area contributed by atoms with Gasteiger partial charge in [-0.25, -0.2) is 9.69 Å². The summed E-state index contributed by atoms with van der Waals surface area (Å²) in [5.41, 5.74) is 2.05. The summed E-state index contributed by atoms with van der Waals surface area (Å²) in [6.45, 7) is 7.65. The van der Waals surface area contributed by atoms with Crippen LogP contribution in [0.25, 0.3) is 0 Å². The zero-order valence-electron chi connectivity index (χ0n) is 18.8. The number of anilines is 1. The summed E-state index contributed by atoms with van der Waals surface area (Å²) in [6, 6.07) is 14.7. The number of carbonyl (C=O) groups is 3. The van der Waals surface area contributed by atoms with Gasteiger partial charge >= 0.3 is 6.09 Å². The van der Waals surface area contributed by atoms with Crippen molar-refractivity contribution >= 4 is 23.6 Å². The Morgan fingerprint density at radius 3 is 2.06 bits per heavy atom. The first-order valence-electron chi connectivity index (χ1n) is 11.0. The summed E-state index contributed by atoms with van der Waals surface area (Å²) in [6.07, 6.45) is 1.48. The van der Waals surface area contributed by atoms with Gasteiger partial charge in [-0.1, -0.05) is 24.3 Å². The molecule has 0 saturated carbocycles. The molecule has 7 heteroatoms. The van der Waals surface area contributed by atoms with Gasteiger partial charge in [-0.3, -0.25) is 9.59 Å². The van der Waals surface area contributed by atoms with Crippen molar-refractivity contribution in [3.63, 3.8) is 0 Å². The third-order valence-electron chi connectivity index (χ3n) is 5.73. The van der Waals surface area contributed by atoms with E-state index in [2.05, 4.69) is 5.32 Å². The molecule has 2 aliphatic heterocycles. The molecule has 32 heavy (non-hydrogen) atoms. The van der Waals surface area contributed by atoms with E-state index in [9.17, 15) is 14.4 Å². The minimum Gasteiger partial charge on any atom is -0.444 e. The number of nitrogens with zero attached hydrogens (tertiary/aromatic N) is 2. The van der Waals surface area contributed by atoms with Crippen molar-refractivity contribution in [3.8, 4) is 0 Å². The highest BCUT2D eigenvalue weighted by Gasteiger charge is 2.36. The van der Waals surface area contributed by atoms with Crippen molar-refractivity contribution in [2.45, 2.75) is 51.8 Å². The molecule has 1 fully saturated rings. The van der Waals surface area contributed by atoms with Gasteiger partial charge in [0.15, 0.2) is 0 Å². The molecule has 0 aliphatic carbocycles. The first-order chi connectivity index (χ1) is 15.2. The minimum atomic E-state index is -0.481. The van der Waals surface area contributed by atoms with Gasteiger partial charge in [0.2, 0.25) is 0 Å². The maximum atomic E-state index is 12.6. The summed E-state index contributed by atoms with van der Waals surface area (Å²) in [5, 5.41) is 3.54. The maximum absolute atomic E-state index is 12.6. The Hall–Kier alpha value is -3.19. The summed E-state index contributed by atoms with van der Waals surface area (Å²) in [7, 11) is 0. The van der Waals surface area contributed by atoms with Crippen LogP contribution < -0.4 is 10.2 Å². The topological polar surface area (TPSA) is 79.0 Å². The van der Waals surface area contributed by atoms with E-state index in [1.807, 2.05) is 45.0 Å². The fourth-order valence-electron chi connectivity index (χ4n) is 4.04. The van der Waals surface area contributed by atoms with E-state index in [0.29, 0.717) is 42.5 Å². The van der Waals surface area contributed by atoms with Crippen LogP contribution in [0.15, 0.2) is 48.5 Å². The largest absolute Gasteiger partial charge is 0.444 e. The van der Waals surface area contributed by atoms with Crippen LogP contribution in [-0.4, -0.2) is 47.5 Å². The predicted molar refractivity (Wildman–Crippen MR) is 122 cm³/mol. The highest BCUT2D eigenvalue weighted by molar-refractivity contribution is 6.34. The molecule has 168 valence electrons. The molecule has 1 saturated heterocycles. The van der Waals surface area contributed by atoms with Gasteiger partial charge in [0.1, 0.15) is 5.60 Å². The molecular formula is C25H29N3O4. The zero-order valence-corrected chi connectivity index (χ0v) is 18.8. The fourth-order valence-corrected chi connectivity index (χ4v) is 4.04. The Balaban J connectivity index is 1.29. The molecule has 1 N–H and O–H groups in total. The van der Waals surface area contributed by atoms with Crippen molar-refractivity contribution in [3.05, 3.63) is 65.2 Å². The lowest BCUT2D eigenvalue weighted by molar-refractivity contribution is 0.0198. The Morgan fingerprint density at radius 2 is 1.53 bits per heavy atom. The SMILES string of the molecule is CC(C)(C)OC(=O)N1CCC(NCc2ccc(N3C(=O)c4ccccc4C3=O)cc2)CC1. The molecule has 0 unspecified atom stereocenters. The number of imide groups is 1. The lowest BCUT2D eigenvalue weighted by atomic mass is 10.0. The van der Waals surface area contributed by atoms with Crippen LogP contribution >= 0.6 is 0 Å². The lowest BCUT2D eigenvalue weighted by Crippen LogP contribution is -2.46. The van der Waals surface area contributed by atoms with E-state index in [-0.39, 0.29) is 17.9 Å². The second-order valence-electron chi connectivity index (χ2n) is 9.28. The van der Waals surface area contributed by atoms with Crippen LogP contribution in [-0.2, 0) is 11.3 Å². The number of carbonyl (C=O) groups excluding carboxylic acids is 3. The van der Waals surface area contributed by atoms with E-state index in [4.69, 9.17) is 4.74 Å². The number of hydrogen-bond acceptors (Lipinski definition) is 5. The Bertz CT molecular complexity index is 983. The second kappa shape index (κ2) is 8.74. The first-order valence-corrected chi connectivity index (χ1v) is 11.0. The quantitative estimate of drug-likeness (QED) is 0.735. The van der Waals surface area contributed by atoms with E-state index < -0.39 is 5.60 Å². The van der Waals surface area contributed by atoms with Gasteiger partial charge in [-0.15, -0.1) is 0 Å². The van der Waals surface area contributed by atoms with E-state index in [0.717, 1.165) is 18.4 Å². The first kappa shape index (κ1) is 22.0. The number of amides is 3. The number of hydrogen-bond donors (Lipinski definition) is 1. The summed E-state index contributed by atoms with van der Waals surface area (Å²) in [4.78, 5) is 40.4. The van der Waals surface area contributed by atoms with Crippen molar-refractivity contribution in [2.75, 3.05) is 18.0 Å². The van der Waals surface area contributed by atoms with Crippen LogP contribution in [0.3, 0.4) is 0 Å². The number of nitrogens with one attached hydrogen (secondary N) is 1. The Labute approximate surface area is 188 Å². The fraction of sp³-hybridized carbons (Fsp3) is 0.400. The third kappa shape index (κ3) is 4.67. The Kier molecular flexibility index (Phi) is 6.02. The predicted octanol–water partition coefficient (Wildman–Crippen LogP) is 3.98. The molecule has 0 bridgehead atoms. The molecule has 2 heterocycles. The van der Waals surface area contributed by atoms with Crippen LogP contribution in [0, 0.1) is 0 Å². The number of piperidine rings is 1. The van der Waals surface area contributed by atoms with Gasteiger partial charge in [0, 0.05) is 25.7 Å². The van der Waals surface area contributed by atoms with Crippen molar-refractivity contribution in [1.29, 1.82) is 0 Å². The minimum absolute atomic E-state index is 0.250. The molecule has 0 atom stereocenters. The highest BCUT2D eigenvalue weighted by Crippen LogP contribution is 2.28. The number of ether oxygens (including phenoxy) is 1. The number of fused-ring (bicyclic) bond motifs is 1. The lowest BCUT2D eigenvalue weighted by Gasteiger charge is -2.33. The molecule has 2 aromatic carbocycles. The van der Waals surface area contributed by atoms with Crippen LogP contribution in [0.4, 0.5) is 10.5 Å². The summed E-state index contributed by atoms with van der Waals surface area (Å²) < 4.78 is 5.45. The van der Waals surface area contributed by atoms with Crippen molar-refractivity contribution in [2.24, 2.45) is 0 Å². The zero-order chi connectivity index (χ0) is 22.9. The molecule has 4 rings (SSSR count). The normalized spacial score (nSPS) is 17.0. The third-order valence-corrected chi connectivity index (χ3v) is 5.73. The van der Waals surface area contributed by atoms with E-state index in [1.54, 1.807) is 29.2 Å². The van der Waals surface area contributed by atoms with E-state index in [1.165, 1.54) is 4.90 Å². The molecule has 2 aliphatic rings. The molecule has 0 spiro atoms. The average molecular weight is 436 g/mol. The molecule has 2 aromatic rings. The van der Waals surface area contributed by atoms with Crippen molar-refractivity contribution in [1.82, 2.24) is 10.2 Å². The summed E-state index contributed by atoms with van der Waals surface area (Å²) >= 11 is 0. The van der Waals surface area contributed by atoms with Crippen LogP contribution in [0.1, 0.15) is 59.9 Å². The molecule has 0 radical (unpaired) electrons. The second-order valence-corrected chi connectivity index (χ2v) is 9.28. The number of likely N-dealkylation sites (tertiary alicyclic amines) is 1. The molecule has 3 amide bonds. The molecule has 0 aromatic heterocycles. The smallest absolute Gasteiger partial charge is 0.410 e. The average Bonchev–Trinajstić information content (AvgIpc) is 3.02. The number of rotatable bonds is 4. The van der Waals surface area contributed by atoms with E-state index >= 15 is 0 Å². The van der Waals surface area contributed by atoms with Gasteiger partial charge in [-0.2, -0.15) is 0 Å².